The zero-order chi connectivity index (χ0) is 24.7. The van der Waals surface area contributed by atoms with Gasteiger partial charge in [-0.2, -0.15) is 5.06 Å². The van der Waals surface area contributed by atoms with Gasteiger partial charge in [0.1, 0.15) is 24.3 Å². The smallest absolute Gasteiger partial charge is 0.410 e. The average Bonchev–Trinajstić information content (AvgIpc) is 3.50. The molecule has 0 radical (unpaired) electrons. The first-order valence-corrected chi connectivity index (χ1v) is 12.3. The number of rotatable bonds is 5. The second-order valence-corrected chi connectivity index (χ2v) is 10.7. The predicted octanol–water partition coefficient (Wildman–Crippen LogP) is 4.46. The van der Waals surface area contributed by atoms with Crippen LogP contribution in [0.25, 0.3) is 0 Å². The molecular weight excluding hydrogens is 450 g/mol. The van der Waals surface area contributed by atoms with Crippen molar-refractivity contribution < 1.29 is 23.6 Å². The Labute approximate surface area is 205 Å². The van der Waals surface area contributed by atoms with E-state index in [0.717, 1.165) is 18.4 Å². The summed E-state index contributed by atoms with van der Waals surface area (Å²) in [6, 6.07) is 8.97. The van der Waals surface area contributed by atoms with Crippen LogP contribution in [0.15, 0.2) is 34.7 Å². The minimum Gasteiger partial charge on any atom is -0.444 e. The average molecular weight is 484 g/mol. The summed E-state index contributed by atoms with van der Waals surface area (Å²) >= 11 is 0. The van der Waals surface area contributed by atoms with Crippen LogP contribution in [-0.4, -0.2) is 61.9 Å². The van der Waals surface area contributed by atoms with Gasteiger partial charge < -0.3 is 14.1 Å². The maximum Gasteiger partial charge on any atom is 0.410 e. The standard InChI is InChI=1S/C25H33N5O5/c1-16-12-20(29(13-16)24(32)35-25(2,3)4)22-27-26-21(34-22)19-11-10-18-14-28(19)23(31)30(18)33-15-17-8-6-5-7-9-17/h5-9,16,18-20H,10-15H2,1-4H3/t16?,18-,19+,20-/m1/s1. The number of fused-ring (bicyclic) bond motifs is 2. The monoisotopic (exact) mass is 483 g/mol. The molecule has 3 saturated heterocycles. The molecule has 1 aromatic heterocycles. The lowest BCUT2D eigenvalue weighted by Gasteiger charge is -2.28. The molecule has 2 aromatic rings. The number of likely N-dealkylation sites (tertiary alicyclic amines) is 1. The summed E-state index contributed by atoms with van der Waals surface area (Å²) in [7, 11) is 0. The molecule has 4 heterocycles. The van der Waals surface area contributed by atoms with Gasteiger partial charge in [-0.3, -0.25) is 9.74 Å². The Morgan fingerprint density at radius 2 is 1.80 bits per heavy atom. The van der Waals surface area contributed by atoms with Crippen molar-refractivity contribution in [3.63, 3.8) is 0 Å². The Morgan fingerprint density at radius 1 is 1.09 bits per heavy atom. The Morgan fingerprint density at radius 3 is 2.51 bits per heavy atom. The van der Waals surface area contributed by atoms with Gasteiger partial charge in [-0.25, -0.2) is 9.59 Å². The first-order chi connectivity index (χ1) is 16.7. The third-order valence-corrected chi connectivity index (χ3v) is 6.70. The molecular formula is C25H33N5O5. The van der Waals surface area contributed by atoms with Crippen molar-refractivity contribution in [2.24, 2.45) is 5.92 Å². The lowest BCUT2D eigenvalue weighted by molar-refractivity contribution is -0.140. The quantitative estimate of drug-likeness (QED) is 0.619. The zero-order valence-corrected chi connectivity index (χ0v) is 20.7. The third kappa shape index (κ3) is 4.84. The molecule has 1 unspecified atom stereocenters. The largest absolute Gasteiger partial charge is 0.444 e. The Balaban J connectivity index is 1.27. The van der Waals surface area contributed by atoms with Gasteiger partial charge >= 0.3 is 12.1 Å². The molecule has 35 heavy (non-hydrogen) atoms. The van der Waals surface area contributed by atoms with E-state index in [2.05, 4.69) is 17.1 Å². The van der Waals surface area contributed by atoms with Gasteiger partial charge in [0.2, 0.25) is 11.8 Å². The maximum absolute atomic E-state index is 13.1. The highest BCUT2D eigenvalue weighted by Gasteiger charge is 2.48. The van der Waals surface area contributed by atoms with E-state index < -0.39 is 5.60 Å². The van der Waals surface area contributed by atoms with Crippen LogP contribution in [0.3, 0.4) is 0 Å². The molecule has 10 nitrogen and oxygen atoms in total. The zero-order valence-electron chi connectivity index (χ0n) is 20.7. The summed E-state index contributed by atoms with van der Waals surface area (Å²) < 4.78 is 11.7. The second-order valence-electron chi connectivity index (χ2n) is 10.7. The molecule has 0 saturated carbocycles. The number of amides is 3. The summed E-state index contributed by atoms with van der Waals surface area (Å²) in [4.78, 5) is 35.2. The van der Waals surface area contributed by atoms with Crippen molar-refractivity contribution in [2.75, 3.05) is 13.1 Å². The van der Waals surface area contributed by atoms with Gasteiger partial charge in [-0.15, -0.1) is 10.2 Å². The summed E-state index contributed by atoms with van der Waals surface area (Å²) in [5.74, 6) is 1.08. The second kappa shape index (κ2) is 9.14. The first kappa shape index (κ1) is 23.6. The molecule has 3 fully saturated rings. The van der Waals surface area contributed by atoms with E-state index in [9.17, 15) is 9.59 Å². The molecule has 10 heteroatoms. The maximum atomic E-state index is 13.1. The molecule has 1 aromatic carbocycles. The molecule has 0 N–H and O–H groups in total. The fraction of sp³-hybridized carbons (Fsp3) is 0.600. The number of hydrogen-bond donors (Lipinski definition) is 0. The number of aromatic nitrogens is 2. The SMILES string of the molecule is CC1C[C@H](c2nnc([C@@H]3CC[C@@H]4CN3C(=O)N4OCc3ccccc3)o2)N(C(=O)OC(C)(C)C)C1. The lowest BCUT2D eigenvalue weighted by atomic mass is 10.0. The summed E-state index contributed by atoms with van der Waals surface area (Å²) in [5, 5.41) is 10.1. The number of nitrogens with zero attached hydrogens (tertiary/aromatic N) is 5. The Kier molecular flexibility index (Phi) is 6.16. The van der Waals surface area contributed by atoms with E-state index in [1.807, 2.05) is 51.1 Å². The molecule has 5 rings (SSSR count). The molecule has 0 spiro atoms. The van der Waals surface area contributed by atoms with E-state index in [-0.39, 0.29) is 36.2 Å². The fourth-order valence-corrected chi connectivity index (χ4v) is 5.09. The molecule has 3 aliphatic rings. The molecule has 188 valence electrons. The summed E-state index contributed by atoms with van der Waals surface area (Å²) in [6.07, 6.45) is 1.83. The number of carbonyl (C=O) groups excluding carboxylic acids is 2. The van der Waals surface area contributed by atoms with Crippen molar-refractivity contribution in [3.05, 3.63) is 47.7 Å². The van der Waals surface area contributed by atoms with E-state index in [0.29, 0.717) is 37.9 Å². The minimum atomic E-state index is -0.587. The highest BCUT2D eigenvalue weighted by molar-refractivity contribution is 5.77. The van der Waals surface area contributed by atoms with E-state index in [1.54, 1.807) is 9.80 Å². The van der Waals surface area contributed by atoms with Gasteiger partial charge in [0, 0.05) is 13.1 Å². The third-order valence-electron chi connectivity index (χ3n) is 6.70. The molecule has 0 aliphatic carbocycles. The van der Waals surface area contributed by atoms with Crippen molar-refractivity contribution in [2.45, 2.75) is 77.3 Å². The van der Waals surface area contributed by atoms with Crippen molar-refractivity contribution in [3.8, 4) is 0 Å². The highest BCUT2D eigenvalue weighted by atomic mass is 16.7. The van der Waals surface area contributed by atoms with Crippen molar-refractivity contribution in [1.82, 2.24) is 25.1 Å². The first-order valence-electron chi connectivity index (χ1n) is 12.3. The van der Waals surface area contributed by atoms with Crippen LogP contribution in [0.2, 0.25) is 0 Å². The number of hydrogen-bond acceptors (Lipinski definition) is 7. The number of piperidine rings is 1. The Hall–Kier alpha value is -3.14. The van der Waals surface area contributed by atoms with Crippen LogP contribution < -0.4 is 0 Å². The number of hydroxylamine groups is 2. The van der Waals surface area contributed by atoms with Crippen molar-refractivity contribution >= 4 is 12.1 Å². The minimum absolute atomic E-state index is 0.00296. The van der Waals surface area contributed by atoms with E-state index in [1.165, 1.54) is 5.06 Å². The van der Waals surface area contributed by atoms with Crippen LogP contribution in [0.4, 0.5) is 9.59 Å². The normalized spacial score (nSPS) is 26.5. The molecule has 2 bridgehead atoms. The van der Waals surface area contributed by atoms with Gasteiger partial charge in [0.15, 0.2) is 0 Å². The van der Waals surface area contributed by atoms with Crippen molar-refractivity contribution in [1.29, 1.82) is 0 Å². The number of benzene rings is 1. The number of ether oxygens (including phenoxy) is 1. The number of carbonyl (C=O) groups is 2. The molecule has 3 amide bonds. The summed E-state index contributed by atoms with van der Waals surface area (Å²) in [5.41, 5.74) is 0.423. The number of urea groups is 1. The van der Waals surface area contributed by atoms with Gasteiger partial charge in [0.25, 0.3) is 0 Å². The lowest BCUT2D eigenvalue weighted by Crippen LogP contribution is -2.36. The van der Waals surface area contributed by atoms with Crippen LogP contribution in [0.1, 0.15) is 76.4 Å². The van der Waals surface area contributed by atoms with Crippen LogP contribution in [0.5, 0.6) is 0 Å². The molecule has 4 atom stereocenters. The summed E-state index contributed by atoms with van der Waals surface area (Å²) in [6.45, 7) is 9.10. The van der Waals surface area contributed by atoms with E-state index >= 15 is 0 Å². The predicted molar refractivity (Wildman–Crippen MR) is 125 cm³/mol. The van der Waals surface area contributed by atoms with Crippen LogP contribution in [0, 0.1) is 5.92 Å². The fourth-order valence-electron chi connectivity index (χ4n) is 5.09. The van der Waals surface area contributed by atoms with Gasteiger partial charge in [-0.05, 0) is 51.5 Å². The highest BCUT2D eigenvalue weighted by Crippen LogP contribution is 2.40. The topological polar surface area (TPSA) is 101 Å². The molecule has 3 aliphatic heterocycles. The Bertz CT molecular complexity index is 1070. The van der Waals surface area contributed by atoms with Gasteiger partial charge in [0.05, 0.1) is 6.04 Å². The van der Waals surface area contributed by atoms with Crippen LogP contribution >= 0.6 is 0 Å². The van der Waals surface area contributed by atoms with Crippen LogP contribution in [-0.2, 0) is 16.2 Å². The van der Waals surface area contributed by atoms with E-state index in [4.69, 9.17) is 14.0 Å². The van der Waals surface area contributed by atoms with Gasteiger partial charge in [-0.1, -0.05) is 37.3 Å².